The van der Waals surface area contributed by atoms with Gasteiger partial charge in [0.15, 0.2) is 0 Å². The van der Waals surface area contributed by atoms with E-state index in [1.807, 2.05) is 0 Å². The fourth-order valence-corrected chi connectivity index (χ4v) is 0.808. The monoisotopic (exact) mass is 176 g/mol. The van der Waals surface area contributed by atoms with Crippen LogP contribution in [0.25, 0.3) is 0 Å². The molecule has 10 heavy (non-hydrogen) atoms. The minimum absolute atomic E-state index is 0. The molecule has 0 aliphatic carbocycles. The topological polar surface area (TPSA) is 66.4 Å². The fraction of sp³-hybridized carbons (Fsp3) is 1.00. The molecule has 1 atom stereocenters. The van der Waals surface area contributed by atoms with Crippen LogP contribution in [0.2, 0.25) is 0 Å². The van der Waals surface area contributed by atoms with Gasteiger partial charge in [0.05, 0.1) is 6.10 Å². The summed E-state index contributed by atoms with van der Waals surface area (Å²) in [7, 11) is -4.49. The van der Waals surface area contributed by atoms with Crippen LogP contribution in [0.1, 0.15) is 20.3 Å². The average Bonchev–Trinajstić information content (AvgIpc) is 1.62. The van der Waals surface area contributed by atoms with E-state index in [1.165, 1.54) is 6.92 Å². The molecule has 0 spiro atoms. The van der Waals surface area contributed by atoms with E-state index in [4.69, 9.17) is 0 Å². The van der Waals surface area contributed by atoms with Gasteiger partial charge in [-0.15, -0.1) is 0 Å². The van der Waals surface area contributed by atoms with Crippen molar-refractivity contribution in [2.45, 2.75) is 26.4 Å². The molecule has 0 unspecified atom stereocenters. The van der Waals surface area contributed by atoms with E-state index in [0.29, 0.717) is 6.42 Å². The van der Waals surface area contributed by atoms with E-state index in [1.54, 1.807) is 6.92 Å². The molecule has 0 aromatic heterocycles. The number of rotatable bonds is 3. The first kappa shape index (κ1) is 13.5. The van der Waals surface area contributed by atoms with E-state index in [-0.39, 0.29) is 29.6 Å². The maximum Gasteiger partial charge on any atom is 1.00 e. The van der Waals surface area contributed by atoms with Gasteiger partial charge in [-0.25, -0.2) is 8.42 Å². The molecule has 0 heterocycles. The molecule has 0 fully saturated rings. The summed E-state index contributed by atoms with van der Waals surface area (Å²) in [5.74, 6) is 0. The van der Waals surface area contributed by atoms with E-state index in [9.17, 15) is 13.0 Å². The molecule has 6 heteroatoms. The second-order valence-electron chi connectivity index (χ2n) is 1.72. The zero-order chi connectivity index (χ0) is 7.49. The smallest absolute Gasteiger partial charge is 0.726 e. The summed E-state index contributed by atoms with van der Waals surface area (Å²) >= 11 is 0. The molecule has 56 valence electrons. The molecule has 4 nitrogen and oxygen atoms in total. The van der Waals surface area contributed by atoms with Crippen molar-refractivity contribution in [3.8, 4) is 0 Å². The molecule has 0 aromatic carbocycles. The molecule has 0 saturated heterocycles. The van der Waals surface area contributed by atoms with Gasteiger partial charge in [-0.2, -0.15) is 0 Å². The van der Waals surface area contributed by atoms with Crippen molar-refractivity contribution in [1.82, 2.24) is 0 Å². The van der Waals surface area contributed by atoms with Crippen LogP contribution in [-0.2, 0) is 14.6 Å². The minimum atomic E-state index is -4.49. The second kappa shape index (κ2) is 5.51. The first-order valence-electron chi connectivity index (χ1n) is 2.60. The van der Waals surface area contributed by atoms with Crippen molar-refractivity contribution >= 4 is 10.4 Å². The Labute approximate surface area is 83.2 Å². The van der Waals surface area contributed by atoms with Gasteiger partial charge in [-0.1, -0.05) is 6.92 Å². The van der Waals surface area contributed by atoms with Crippen molar-refractivity contribution < 1.29 is 46.7 Å². The molecular formula is C4H9NaO4S. The summed E-state index contributed by atoms with van der Waals surface area (Å²) < 4.78 is 33.5. The summed E-state index contributed by atoms with van der Waals surface area (Å²) in [6.45, 7) is 3.26. The van der Waals surface area contributed by atoms with Gasteiger partial charge in [0.2, 0.25) is 10.4 Å². The summed E-state index contributed by atoms with van der Waals surface area (Å²) in [6.07, 6.45) is 0.00840. The van der Waals surface area contributed by atoms with Crippen molar-refractivity contribution in [3.05, 3.63) is 0 Å². The van der Waals surface area contributed by atoms with Gasteiger partial charge in [-0.05, 0) is 13.3 Å². The van der Waals surface area contributed by atoms with Crippen LogP contribution in [0.3, 0.4) is 0 Å². The van der Waals surface area contributed by atoms with Crippen LogP contribution in [0, 0.1) is 0 Å². The van der Waals surface area contributed by atoms with Crippen molar-refractivity contribution in [2.24, 2.45) is 0 Å². The second-order valence-corrected chi connectivity index (χ2v) is 2.73. The standard InChI is InChI=1S/C4H10O4S.Na/c1-3-4(2)8-9(5,6)7;/h4H,3H2,1-2H3,(H,5,6,7);/q;+1/p-1/t4-;/m1./s1. The molecule has 0 rings (SSSR count). The van der Waals surface area contributed by atoms with Gasteiger partial charge >= 0.3 is 29.6 Å². The van der Waals surface area contributed by atoms with Gasteiger partial charge in [0.25, 0.3) is 0 Å². The molecule has 0 aliphatic heterocycles. The fourth-order valence-electron chi connectivity index (χ4n) is 0.269. The molecule has 0 N–H and O–H groups in total. The van der Waals surface area contributed by atoms with Gasteiger partial charge < -0.3 is 4.55 Å². The Morgan fingerprint density at radius 2 is 2.00 bits per heavy atom. The Morgan fingerprint density at radius 3 is 2.10 bits per heavy atom. The van der Waals surface area contributed by atoms with Gasteiger partial charge in [0, 0.05) is 0 Å². The first-order chi connectivity index (χ1) is 3.95. The molecule has 0 saturated carbocycles. The third-order valence-corrected chi connectivity index (χ3v) is 1.42. The van der Waals surface area contributed by atoms with Crippen LogP contribution in [-0.4, -0.2) is 19.1 Å². The molecule has 0 aliphatic rings. The number of hydrogen-bond donors (Lipinski definition) is 0. The normalized spacial score (nSPS) is 13.9. The first-order valence-corrected chi connectivity index (χ1v) is 3.93. The molecular weight excluding hydrogens is 167 g/mol. The Balaban J connectivity index is 0. The predicted molar refractivity (Wildman–Crippen MR) is 30.5 cm³/mol. The van der Waals surface area contributed by atoms with E-state index >= 15 is 0 Å². The zero-order valence-electron chi connectivity index (χ0n) is 6.33. The minimum Gasteiger partial charge on any atom is -0.726 e. The van der Waals surface area contributed by atoms with Gasteiger partial charge in [-0.3, -0.25) is 4.18 Å². The summed E-state index contributed by atoms with van der Waals surface area (Å²) in [6, 6.07) is 0. The van der Waals surface area contributed by atoms with Crippen LogP contribution in [0.4, 0.5) is 0 Å². The average molecular weight is 176 g/mol. The SMILES string of the molecule is CC[C@@H](C)OS(=O)(=O)[O-].[Na+]. The van der Waals surface area contributed by atoms with Crippen molar-refractivity contribution in [1.29, 1.82) is 0 Å². The summed E-state index contributed by atoms with van der Waals surface area (Å²) in [5.41, 5.74) is 0. The third kappa shape index (κ3) is 8.87. The van der Waals surface area contributed by atoms with E-state index < -0.39 is 16.5 Å². The van der Waals surface area contributed by atoms with Crippen LogP contribution in [0.5, 0.6) is 0 Å². The Hall–Kier alpha value is 0.870. The quantitative estimate of drug-likeness (QED) is 0.266. The van der Waals surface area contributed by atoms with Gasteiger partial charge in [0.1, 0.15) is 0 Å². The number of hydrogen-bond acceptors (Lipinski definition) is 4. The Bertz CT molecular complexity index is 164. The molecule has 0 bridgehead atoms. The summed E-state index contributed by atoms with van der Waals surface area (Å²) in [5, 5.41) is 0. The molecule has 0 amide bonds. The van der Waals surface area contributed by atoms with Crippen molar-refractivity contribution in [3.63, 3.8) is 0 Å². The van der Waals surface area contributed by atoms with Crippen LogP contribution < -0.4 is 29.6 Å². The maximum absolute atomic E-state index is 9.82. The third-order valence-electron chi connectivity index (χ3n) is 0.857. The van der Waals surface area contributed by atoms with Crippen LogP contribution >= 0.6 is 0 Å². The van der Waals surface area contributed by atoms with E-state index in [0.717, 1.165) is 0 Å². The Kier molecular flexibility index (Phi) is 7.42. The Morgan fingerprint density at radius 1 is 1.60 bits per heavy atom. The molecule has 0 aromatic rings. The largest absolute Gasteiger partial charge is 1.00 e. The van der Waals surface area contributed by atoms with Crippen LogP contribution in [0.15, 0.2) is 0 Å². The summed E-state index contributed by atoms with van der Waals surface area (Å²) in [4.78, 5) is 0. The zero-order valence-corrected chi connectivity index (χ0v) is 9.14. The predicted octanol–water partition coefficient (Wildman–Crippen LogP) is -2.73. The molecule has 0 radical (unpaired) electrons. The van der Waals surface area contributed by atoms with E-state index in [2.05, 4.69) is 4.18 Å². The maximum atomic E-state index is 9.82. The van der Waals surface area contributed by atoms with Crippen molar-refractivity contribution in [2.75, 3.05) is 0 Å².